The van der Waals surface area contributed by atoms with Crippen LogP contribution in [0.4, 0.5) is 0 Å². The molecule has 0 aromatic heterocycles. The largest absolute Gasteiger partial charge is 0.348 e. The Kier molecular flexibility index (Phi) is 6.21. The first-order valence-corrected chi connectivity index (χ1v) is 7.94. The Balaban J connectivity index is 1.92. The average molecular weight is 289 g/mol. The van der Waals surface area contributed by atoms with E-state index in [-0.39, 0.29) is 11.9 Å². The molecule has 1 atom stereocenters. The summed E-state index contributed by atoms with van der Waals surface area (Å²) in [7, 11) is 0. The summed E-state index contributed by atoms with van der Waals surface area (Å²) >= 11 is 0. The zero-order valence-electron chi connectivity index (χ0n) is 13.1. The molecule has 1 aliphatic rings. The molecule has 0 spiro atoms. The SMILES string of the molecule is CC(C)C(NC(=O)CN1CCCNCC1)c1ccccc1. The molecule has 1 aromatic carbocycles. The van der Waals surface area contributed by atoms with Gasteiger partial charge in [0.15, 0.2) is 0 Å². The molecule has 0 aliphatic carbocycles. The fourth-order valence-corrected chi connectivity index (χ4v) is 2.78. The quantitative estimate of drug-likeness (QED) is 0.869. The zero-order valence-corrected chi connectivity index (χ0v) is 13.1. The van der Waals surface area contributed by atoms with Crippen molar-refractivity contribution in [3.8, 4) is 0 Å². The number of carbonyl (C=O) groups excluding carboxylic acids is 1. The molecular formula is C17H27N3O. The van der Waals surface area contributed by atoms with Crippen molar-refractivity contribution in [3.05, 3.63) is 35.9 Å². The van der Waals surface area contributed by atoms with E-state index in [9.17, 15) is 4.79 Å². The van der Waals surface area contributed by atoms with Gasteiger partial charge in [-0.05, 0) is 31.0 Å². The summed E-state index contributed by atoms with van der Waals surface area (Å²) in [5.74, 6) is 0.501. The highest BCUT2D eigenvalue weighted by atomic mass is 16.2. The average Bonchev–Trinajstić information content (AvgIpc) is 2.74. The lowest BCUT2D eigenvalue weighted by molar-refractivity contribution is -0.123. The van der Waals surface area contributed by atoms with E-state index in [1.54, 1.807) is 0 Å². The van der Waals surface area contributed by atoms with Crippen LogP contribution >= 0.6 is 0 Å². The van der Waals surface area contributed by atoms with Crippen molar-refractivity contribution in [2.75, 3.05) is 32.7 Å². The van der Waals surface area contributed by atoms with E-state index in [0.717, 1.165) is 32.6 Å². The third-order valence-electron chi connectivity index (χ3n) is 3.94. The van der Waals surface area contributed by atoms with Gasteiger partial charge < -0.3 is 10.6 Å². The maximum Gasteiger partial charge on any atom is 0.234 e. The van der Waals surface area contributed by atoms with Crippen LogP contribution in [-0.4, -0.2) is 43.5 Å². The Hall–Kier alpha value is -1.39. The molecule has 0 radical (unpaired) electrons. The standard InChI is InChI=1S/C17H27N3O/c1-14(2)17(15-7-4-3-5-8-15)19-16(21)13-20-11-6-9-18-10-12-20/h3-5,7-8,14,17-18H,6,9-13H2,1-2H3,(H,19,21). The predicted molar refractivity (Wildman–Crippen MR) is 86.1 cm³/mol. The molecule has 1 amide bonds. The number of hydrogen-bond acceptors (Lipinski definition) is 3. The monoisotopic (exact) mass is 289 g/mol. The molecule has 1 heterocycles. The summed E-state index contributed by atoms with van der Waals surface area (Å²) < 4.78 is 0. The highest BCUT2D eigenvalue weighted by molar-refractivity contribution is 5.78. The molecule has 116 valence electrons. The summed E-state index contributed by atoms with van der Waals surface area (Å²) in [4.78, 5) is 14.6. The second-order valence-electron chi connectivity index (χ2n) is 6.08. The second kappa shape index (κ2) is 8.15. The predicted octanol–water partition coefficient (Wildman–Crippen LogP) is 1.80. The fraction of sp³-hybridized carbons (Fsp3) is 0.588. The highest BCUT2D eigenvalue weighted by Gasteiger charge is 2.20. The summed E-state index contributed by atoms with van der Waals surface area (Å²) in [6.07, 6.45) is 1.11. The Morgan fingerprint density at radius 1 is 1.24 bits per heavy atom. The first kappa shape index (κ1) is 16.0. The van der Waals surface area contributed by atoms with Crippen molar-refractivity contribution >= 4 is 5.91 Å². The lowest BCUT2D eigenvalue weighted by atomic mass is 9.96. The Morgan fingerprint density at radius 3 is 2.71 bits per heavy atom. The van der Waals surface area contributed by atoms with Crippen molar-refractivity contribution < 1.29 is 4.79 Å². The van der Waals surface area contributed by atoms with Gasteiger partial charge in [0.2, 0.25) is 5.91 Å². The number of rotatable bonds is 5. The van der Waals surface area contributed by atoms with E-state index >= 15 is 0 Å². The molecular weight excluding hydrogens is 262 g/mol. The lowest BCUT2D eigenvalue weighted by Crippen LogP contribution is -2.41. The summed E-state index contributed by atoms with van der Waals surface area (Å²) in [6.45, 7) is 8.76. The molecule has 1 aliphatic heterocycles. The van der Waals surface area contributed by atoms with Gasteiger partial charge in [-0.15, -0.1) is 0 Å². The van der Waals surface area contributed by atoms with E-state index in [4.69, 9.17) is 0 Å². The number of amides is 1. The minimum atomic E-state index is 0.0869. The van der Waals surface area contributed by atoms with E-state index in [1.165, 1.54) is 5.56 Å². The van der Waals surface area contributed by atoms with E-state index in [0.29, 0.717) is 12.5 Å². The number of carbonyl (C=O) groups is 1. The third kappa shape index (κ3) is 5.14. The molecule has 2 N–H and O–H groups in total. The van der Waals surface area contributed by atoms with E-state index in [1.807, 2.05) is 18.2 Å². The van der Waals surface area contributed by atoms with Gasteiger partial charge in [-0.3, -0.25) is 9.69 Å². The summed E-state index contributed by atoms with van der Waals surface area (Å²) in [5, 5.41) is 6.56. The minimum Gasteiger partial charge on any atom is -0.348 e. The molecule has 1 aromatic rings. The van der Waals surface area contributed by atoms with E-state index in [2.05, 4.69) is 41.5 Å². The molecule has 21 heavy (non-hydrogen) atoms. The van der Waals surface area contributed by atoms with Crippen LogP contribution in [0.1, 0.15) is 31.9 Å². The van der Waals surface area contributed by atoms with Crippen molar-refractivity contribution in [1.82, 2.24) is 15.5 Å². The molecule has 4 heteroatoms. The first-order chi connectivity index (χ1) is 10.2. The molecule has 1 unspecified atom stereocenters. The van der Waals surface area contributed by atoms with Crippen LogP contribution in [0.25, 0.3) is 0 Å². The van der Waals surface area contributed by atoms with Crippen LogP contribution in [-0.2, 0) is 4.79 Å². The number of nitrogens with zero attached hydrogens (tertiary/aromatic N) is 1. The number of nitrogens with one attached hydrogen (secondary N) is 2. The van der Waals surface area contributed by atoms with Crippen LogP contribution in [0.2, 0.25) is 0 Å². The van der Waals surface area contributed by atoms with Crippen LogP contribution in [0, 0.1) is 5.92 Å². The summed E-state index contributed by atoms with van der Waals surface area (Å²) in [6, 6.07) is 10.3. The van der Waals surface area contributed by atoms with Gasteiger partial charge in [-0.1, -0.05) is 44.2 Å². The Morgan fingerprint density at radius 2 is 2.00 bits per heavy atom. The van der Waals surface area contributed by atoms with Gasteiger partial charge in [0, 0.05) is 13.1 Å². The van der Waals surface area contributed by atoms with Gasteiger partial charge in [-0.25, -0.2) is 0 Å². The molecule has 0 bridgehead atoms. The maximum atomic E-state index is 12.3. The van der Waals surface area contributed by atoms with Crippen LogP contribution in [0.3, 0.4) is 0 Å². The highest BCUT2D eigenvalue weighted by Crippen LogP contribution is 2.21. The third-order valence-corrected chi connectivity index (χ3v) is 3.94. The van der Waals surface area contributed by atoms with Crippen molar-refractivity contribution in [3.63, 3.8) is 0 Å². The smallest absolute Gasteiger partial charge is 0.234 e. The van der Waals surface area contributed by atoms with Crippen LogP contribution in [0.5, 0.6) is 0 Å². The van der Waals surface area contributed by atoms with Crippen molar-refractivity contribution in [2.45, 2.75) is 26.3 Å². The topological polar surface area (TPSA) is 44.4 Å². The molecule has 1 saturated heterocycles. The maximum absolute atomic E-state index is 12.3. The van der Waals surface area contributed by atoms with Gasteiger partial charge in [0.1, 0.15) is 0 Å². The Labute approximate surface area is 127 Å². The van der Waals surface area contributed by atoms with Crippen LogP contribution < -0.4 is 10.6 Å². The number of benzene rings is 1. The molecule has 1 fully saturated rings. The molecule has 2 rings (SSSR count). The summed E-state index contributed by atoms with van der Waals surface area (Å²) in [5.41, 5.74) is 1.18. The van der Waals surface area contributed by atoms with Gasteiger partial charge in [-0.2, -0.15) is 0 Å². The Bertz CT molecular complexity index is 425. The normalized spacial score (nSPS) is 18.2. The molecule has 4 nitrogen and oxygen atoms in total. The van der Waals surface area contributed by atoms with Gasteiger partial charge in [0.05, 0.1) is 12.6 Å². The van der Waals surface area contributed by atoms with Crippen molar-refractivity contribution in [1.29, 1.82) is 0 Å². The molecule has 0 saturated carbocycles. The van der Waals surface area contributed by atoms with Gasteiger partial charge in [0.25, 0.3) is 0 Å². The first-order valence-electron chi connectivity index (χ1n) is 7.94. The fourth-order valence-electron chi connectivity index (χ4n) is 2.78. The van der Waals surface area contributed by atoms with Crippen molar-refractivity contribution in [2.24, 2.45) is 5.92 Å². The zero-order chi connectivity index (χ0) is 15.1. The number of hydrogen-bond donors (Lipinski definition) is 2. The van der Waals surface area contributed by atoms with Gasteiger partial charge >= 0.3 is 0 Å². The van der Waals surface area contributed by atoms with E-state index < -0.39 is 0 Å². The lowest BCUT2D eigenvalue weighted by Gasteiger charge is -2.25. The van der Waals surface area contributed by atoms with Crippen LogP contribution in [0.15, 0.2) is 30.3 Å². The minimum absolute atomic E-state index is 0.0869. The second-order valence-corrected chi connectivity index (χ2v) is 6.08.